The Labute approximate surface area is 418 Å². The van der Waals surface area contributed by atoms with Gasteiger partial charge in [-0.1, -0.05) is 123 Å². The minimum Gasteiger partial charge on any atom is -0.309 e. The number of nitrogens with zero attached hydrogens (tertiary/aromatic N) is 4. The monoisotopic (exact) mass is 942 g/mol. The van der Waals surface area contributed by atoms with Crippen molar-refractivity contribution in [3.05, 3.63) is 230 Å². The number of aromatic nitrogens is 4. The second-order valence-corrected chi connectivity index (χ2v) is 21.5. The third-order valence-electron chi connectivity index (χ3n) is 15.0. The molecule has 0 radical (unpaired) electrons. The fourth-order valence-electron chi connectivity index (χ4n) is 11.5. The summed E-state index contributed by atoms with van der Waals surface area (Å²) in [5.41, 5.74) is 21.2. The smallest absolute Gasteiger partial charge is 0.124 e. The predicted molar refractivity (Wildman–Crippen MR) is 301 cm³/mol. The number of para-hydroxylation sites is 2. The van der Waals surface area contributed by atoms with Gasteiger partial charge in [0.25, 0.3) is 0 Å². The van der Waals surface area contributed by atoms with Gasteiger partial charge in [0.15, 0.2) is 0 Å². The van der Waals surface area contributed by atoms with E-state index in [1.54, 1.807) is 22.7 Å². The molecule has 4 nitrogen and oxygen atoms in total. The molecule has 10 aromatic carbocycles. The first-order chi connectivity index (χ1) is 34.9. The van der Waals surface area contributed by atoms with Gasteiger partial charge >= 0.3 is 0 Å². The van der Waals surface area contributed by atoms with Crippen LogP contribution in [0.5, 0.6) is 0 Å². The first-order valence-electron chi connectivity index (χ1n) is 24.2. The molecule has 0 N–H and O–H groups in total. The van der Waals surface area contributed by atoms with Crippen LogP contribution in [0.1, 0.15) is 25.0 Å². The molecule has 0 aliphatic heterocycles. The second kappa shape index (κ2) is 15.3. The molecule has 0 bridgehead atoms. The third kappa shape index (κ3) is 6.21. The van der Waals surface area contributed by atoms with E-state index in [9.17, 15) is 0 Å². The van der Waals surface area contributed by atoms with Crippen molar-refractivity contribution >= 4 is 86.7 Å². The fraction of sp³-hybridized carbons (Fsp3) is 0.0462. The Hall–Kier alpha value is -8.42. The summed E-state index contributed by atoms with van der Waals surface area (Å²) in [6, 6.07) is 80.3. The highest BCUT2D eigenvalue weighted by Crippen LogP contribution is 2.51. The van der Waals surface area contributed by atoms with Crippen LogP contribution in [0.4, 0.5) is 0 Å². The first-order valence-corrected chi connectivity index (χ1v) is 25.8. The van der Waals surface area contributed by atoms with Gasteiger partial charge in [0, 0.05) is 49.5 Å². The van der Waals surface area contributed by atoms with Crippen molar-refractivity contribution in [2.45, 2.75) is 19.3 Å². The van der Waals surface area contributed by atoms with E-state index < -0.39 is 0 Å². The normalized spacial score (nSPS) is 13.0. The van der Waals surface area contributed by atoms with Crippen LogP contribution >= 0.6 is 22.7 Å². The van der Waals surface area contributed by atoms with Gasteiger partial charge in [0.05, 0.1) is 42.5 Å². The Balaban J connectivity index is 0.868. The molecule has 0 fully saturated rings. The largest absolute Gasteiger partial charge is 0.309 e. The molecule has 1 aliphatic rings. The SMILES string of the molecule is CC1(C)c2cc(-n3c4ccc(-c5ccccc5)cc4c4cc(-c5nc6ccccc6s5)ccc43)ccc2-c2ccc(-n3c4ccc(-c5ccccc5)cc4c4cc(-c5nc6ccccc6s5)ccc43)cc21. The molecule has 334 valence electrons. The Morgan fingerprint density at radius 1 is 0.338 bits per heavy atom. The van der Waals surface area contributed by atoms with Gasteiger partial charge in [-0.15, -0.1) is 22.7 Å². The van der Waals surface area contributed by atoms with Crippen LogP contribution in [-0.4, -0.2) is 19.1 Å². The van der Waals surface area contributed by atoms with Gasteiger partial charge in [0.2, 0.25) is 0 Å². The maximum Gasteiger partial charge on any atom is 0.124 e. The summed E-state index contributed by atoms with van der Waals surface area (Å²) in [5.74, 6) is 0. The number of fused-ring (bicyclic) bond motifs is 11. The van der Waals surface area contributed by atoms with Crippen LogP contribution in [0.25, 0.3) is 130 Å². The zero-order valence-corrected chi connectivity index (χ0v) is 40.5. The Morgan fingerprint density at radius 2 is 0.704 bits per heavy atom. The summed E-state index contributed by atoms with van der Waals surface area (Å²) in [6.45, 7) is 4.80. The van der Waals surface area contributed by atoms with Gasteiger partial charge in [-0.25, -0.2) is 9.97 Å². The van der Waals surface area contributed by atoms with Crippen LogP contribution in [0.15, 0.2) is 218 Å². The summed E-state index contributed by atoms with van der Waals surface area (Å²) in [6.07, 6.45) is 0. The second-order valence-electron chi connectivity index (χ2n) is 19.4. The van der Waals surface area contributed by atoms with E-state index in [1.165, 1.54) is 97.5 Å². The number of hydrogen-bond acceptors (Lipinski definition) is 4. The standard InChI is InChI=1S/C65H42N4S2/c1-65(2)53-37-45(68-57-29-21-41(39-13-5-3-6-14-39)33-49(57)51-35-43(23-31-59(51)68)63-66-55-17-9-11-19-61(55)70-63)25-27-47(53)48-28-26-46(38-54(48)65)69-58-30-22-42(40-15-7-4-8-16-40)34-50(58)52-36-44(24-32-60(52)69)64-67-56-18-10-12-20-62(56)71-64/h3-38H,1-2H3. The summed E-state index contributed by atoms with van der Waals surface area (Å²) in [7, 11) is 0. The minimum atomic E-state index is -0.269. The highest BCUT2D eigenvalue weighted by atomic mass is 32.1. The lowest BCUT2D eigenvalue weighted by Crippen LogP contribution is -2.16. The van der Waals surface area contributed by atoms with Crippen LogP contribution in [0.2, 0.25) is 0 Å². The lowest BCUT2D eigenvalue weighted by atomic mass is 9.82. The number of hydrogen-bond donors (Lipinski definition) is 0. The molecule has 14 aromatic rings. The summed E-state index contributed by atoms with van der Waals surface area (Å²) in [5, 5.41) is 6.97. The van der Waals surface area contributed by atoms with Gasteiger partial charge < -0.3 is 9.13 Å². The Morgan fingerprint density at radius 3 is 1.11 bits per heavy atom. The predicted octanol–water partition coefficient (Wildman–Crippen LogP) is 18.1. The molecule has 4 heterocycles. The molecule has 0 saturated carbocycles. The van der Waals surface area contributed by atoms with Crippen molar-refractivity contribution in [1.82, 2.24) is 19.1 Å². The lowest BCUT2D eigenvalue weighted by Gasteiger charge is -2.23. The average Bonchev–Trinajstić information content (AvgIpc) is 4.24. The van der Waals surface area contributed by atoms with Gasteiger partial charge in [-0.2, -0.15) is 0 Å². The maximum absolute atomic E-state index is 5.07. The van der Waals surface area contributed by atoms with Crippen molar-refractivity contribution in [2.75, 3.05) is 0 Å². The topological polar surface area (TPSA) is 35.6 Å². The minimum absolute atomic E-state index is 0.269. The van der Waals surface area contributed by atoms with Gasteiger partial charge in [0.1, 0.15) is 10.0 Å². The van der Waals surface area contributed by atoms with Crippen molar-refractivity contribution in [3.63, 3.8) is 0 Å². The molecule has 0 amide bonds. The Bertz CT molecular complexity index is 4140. The molecule has 71 heavy (non-hydrogen) atoms. The Kier molecular flexibility index (Phi) is 8.71. The molecule has 4 aromatic heterocycles. The van der Waals surface area contributed by atoms with E-state index in [4.69, 9.17) is 9.97 Å². The molecule has 1 aliphatic carbocycles. The van der Waals surface area contributed by atoms with Gasteiger partial charge in [-0.05, 0) is 154 Å². The van der Waals surface area contributed by atoms with Crippen molar-refractivity contribution < 1.29 is 0 Å². The molecule has 0 unspecified atom stereocenters. The quantitative estimate of drug-likeness (QED) is 0.167. The molecular formula is C65H42N4S2. The summed E-state index contributed by atoms with van der Waals surface area (Å²) < 4.78 is 7.34. The lowest BCUT2D eigenvalue weighted by molar-refractivity contribution is 0.659. The van der Waals surface area contributed by atoms with E-state index in [0.717, 1.165) is 43.6 Å². The fourth-order valence-corrected chi connectivity index (χ4v) is 13.4. The van der Waals surface area contributed by atoms with Crippen LogP contribution < -0.4 is 0 Å². The number of benzene rings is 10. The number of rotatable bonds is 6. The summed E-state index contributed by atoms with van der Waals surface area (Å²) in [4.78, 5) is 10.1. The van der Waals surface area contributed by atoms with E-state index in [0.29, 0.717) is 0 Å². The maximum atomic E-state index is 5.07. The summed E-state index contributed by atoms with van der Waals surface area (Å²) >= 11 is 3.51. The van der Waals surface area contributed by atoms with E-state index >= 15 is 0 Å². The van der Waals surface area contributed by atoms with Crippen LogP contribution in [0, 0.1) is 0 Å². The molecule has 0 atom stereocenters. The zero-order chi connectivity index (χ0) is 47.0. The van der Waals surface area contributed by atoms with Crippen molar-refractivity contribution in [2.24, 2.45) is 0 Å². The molecule has 0 saturated heterocycles. The van der Waals surface area contributed by atoms with E-state index in [-0.39, 0.29) is 5.41 Å². The highest BCUT2D eigenvalue weighted by Gasteiger charge is 2.36. The highest BCUT2D eigenvalue weighted by molar-refractivity contribution is 7.22. The van der Waals surface area contributed by atoms with Crippen molar-refractivity contribution in [3.8, 4) is 65.9 Å². The third-order valence-corrected chi connectivity index (χ3v) is 17.2. The molecule has 6 heteroatoms. The first kappa shape index (κ1) is 40.5. The zero-order valence-electron chi connectivity index (χ0n) is 38.9. The average molecular weight is 943 g/mol. The van der Waals surface area contributed by atoms with Crippen LogP contribution in [0.3, 0.4) is 0 Å². The molecular weight excluding hydrogens is 901 g/mol. The van der Waals surface area contributed by atoms with E-state index in [1.807, 2.05) is 0 Å². The number of thiazole rings is 2. The van der Waals surface area contributed by atoms with Crippen LogP contribution in [-0.2, 0) is 5.41 Å². The molecule has 15 rings (SSSR count). The van der Waals surface area contributed by atoms with Gasteiger partial charge in [-0.3, -0.25) is 0 Å². The van der Waals surface area contributed by atoms with E-state index in [2.05, 4.69) is 241 Å². The van der Waals surface area contributed by atoms with Crippen molar-refractivity contribution in [1.29, 1.82) is 0 Å². The molecule has 0 spiro atoms.